The molecule has 0 aromatic carbocycles. The summed E-state index contributed by atoms with van der Waals surface area (Å²) in [6, 6.07) is 3.05. The second-order valence-corrected chi connectivity index (χ2v) is 6.11. The van der Waals surface area contributed by atoms with Crippen molar-refractivity contribution >= 4 is 22.8 Å². The van der Waals surface area contributed by atoms with Gasteiger partial charge in [0.15, 0.2) is 5.65 Å². The standard InChI is InChI=1S/C15H21ClN4/c1-10-7-13-15(17-9-10)20(14(8-16)18-13)19-11(2)5-4-6-12(19)3/h7,9,11-12H,4-6,8H2,1-3H3. The van der Waals surface area contributed by atoms with Crippen molar-refractivity contribution in [3.05, 3.63) is 23.7 Å². The van der Waals surface area contributed by atoms with E-state index in [0.29, 0.717) is 18.0 Å². The predicted octanol–water partition coefficient (Wildman–Crippen LogP) is 3.38. The quantitative estimate of drug-likeness (QED) is 0.796. The third kappa shape index (κ3) is 2.16. The normalized spacial score (nSPS) is 23.5. The molecule has 1 fully saturated rings. The van der Waals surface area contributed by atoms with E-state index < -0.39 is 0 Å². The molecule has 0 bridgehead atoms. The third-order valence-corrected chi connectivity index (χ3v) is 4.42. The Balaban J connectivity index is 2.18. The number of nitrogens with zero attached hydrogens (tertiary/aromatic N) is 4. The molecule has 0 aliphatic carbocycles. The molecule has 2 atom stereocenters. The van der Waals surface area contributed by atoms with Crippen LogP contribution in [0.15, 0.2) is 12.3 Å². The first kappa shape index (κ1) is 13.7. The van der Waals surface area contributed by atoms with Crippen LogP contribution < -0.4 is 5.01 Å². The first-order valence-corrected chi connectivity index (χ1v) is 7.84. The van der Waals surface area contributed by atoms with Gasteiger partial charge in [0.1, 0.15) is 11.3 Å². The van der Waals surface area contributed by atoms with Crippen molar-refractivity contribution in [2.75, 3.05) is 5.01 Å². The maximum absolute atomic E-state index is 6.12. The Morgan fingerprint density at radius 1 is 1.30 bits per heavy atom. The molecule has 0 N–H and O–H groups in total. The summed E-state index contributed by atoms with van der Waals surface area (Å²) in [6.07, 6.45) is 5.60. The van der Waals surface area contributed by atoms with Crippen molar-refractivity contribution in [2.24, 2.45) is 0 Å². The van der Waals surface area contributed by atoms with Crippen molar-refractivity contribution in [2.45, 2.75) is 58.0 Å². The molecule has 0 saturated carbocycles. The Labute approximate surface area is 124 Å². The second kappa shape index (κ2) is 5.24. The van der Waals surface area contributed by atoms with Crippen LogP contribution in [0, 0.1) is 6.92 Å². The number of fused-ring (bicyclic) bond motifs is 1. The Morgan fingerprint density at radius 3 is 2.65 bits per heavy atom. The zero-order chi connectivity index (χ0) is 14.3. The van der Waals surface area contributed by atoms with Crippen molar-refractivity contribution in [1.29, 1.82) is 0 Å². The number of rotatable bonds is 2. The number of hydrogen-bond acceptors (Lipinski definition) is 3. The summed E-state index contributed by atoms with van der Waals surface area (Å²) in [6.45, 7) is 6.58. The Kier molecular flexibility index (Phi) is 3.59. The Bertz CT molecular complexity index is 612. The fourth-order valence-corrected chi connectivity index (χ4v) is 3.40. The monoisotopic (exact) mass is 292 g/mol. The molecule has 108 valence electrons. The van der Waals surface area contributed by atoms with Gasteiger partial charge in [-0.05, 0) is 51.7 Å². The molecule has 1 saturated heterocycles. The maximum Gasteiger partial charge on any atom is 0.179 e. The van der Waals surface area contributed by atoms with E-state index in [9.17, 15) is 0 Å². The van der Waals surface area contributed by atoms with E-state index in [1.807, 2.05) is 13.1 Å². The fraction of sp³-hybridized carbons (Fsp3) is 0.600. The molecule has 0 spiro atoms. The van der Waals surface area contributed by atoms with Crippen LogP contribution in [0.1, 0.15) is 44.5 Å². The number of aryl methyl sites for hydroxylation is 1. The van der Waals surface area contributed by atoms with Gasteiger partial charge in [0.05, 0.1) is 5.88 Å². The smallest absolute Gasteiger partial charge is 0.179 e. The minimum atomic E-state index is 0.408. The number of imidazole rings is 1. The first-order valence-electron chi connectivity index (χ1n) is 7.30. The number of aromatic nitrogens is 3. The van der Waals surface area contributed by atoms with Crippen LogP contribution in [-0.4, -0.2) is 26.7 Å². The molecule has 5 heteroatoms. The summed E-state index contributed by atoms with van der Waals surface area (Å²) in [5, 5.41) is 2.40. The molecule has 1 aliphatic heterocycles. The van der Waals surface area contributed by atoms with Crippen molar-refractivity contribution in [3.63, 3.8) is 0 Å². The van der Waals surface area contributed by atoms with Gasteiger partial charge < -0.3 is 5.01 Å². The maximum atomic E-state index is 6.12. The number of halogens is 1. The van der Waals surface area contributed by atoms with Gasteiger partial charge in [-0.15, -0.1) is 11.6 Å². The summed E-state index contributed by atoms with van der Waals surface area (Å²) < 4.78 is 2.15. The highest BCUT2D eigenvalue weighted by Crippen LogP contribution is 2.26. The van der Waals surface area contributed by atoms with Crippen LogP contribution in [0.25, 0.3) is 11.2 Å². The van der Waals surface area contributed by atoms with Gasteiger partial charge in [-0.1, -0.05) is 0 Å². The van der Waals surface area contributed by atoms with Crippen molar-refractivity contribution in [1.82, 2.24) is 14.6 Å². The first-order chi connectivity index (χ1) is 9.61. The van der Waals surface area contributed by atoms with Gasteiger partial charge in [-0.3, -0.25) is 0 Å². The summed E-state index contributed by atoms with van der Waals surface area (Å²) >= 11 is 6.12. The Morgan fingerprint density at radius 2 is 2.00 bits per heavy atom. The highest BCUT2D eigenvalue weighted by atomic mass is 35.5. The lowest BCUT2D eigenvalue weighted by molar-refractivity contribution is 0.336. The molecular formula is C15H21ClN4. The molecule has 20 heavy (non-hydrogen) atoms. The van der Waals surface area contributed by atoms with Crippen LogP contribution in [0.3, 0.4) is 0 Å². The molecule has 1 aliphatic rings. The van der Waals surface area contributed by atoms with Gasteiger partial charge in [-0.25, -0.2) is 14.6 Å². The van der Waals surface area contributed by atoms with E-state index in [-0.39, 0.29) is 0 Å². The predicted molar refractivity (Wildman–Crippen MR) is 82.8 cm³/mol. The van der Waals surface area contributed by atoms with Crippen LogP contribution in [0.2, 0.25) is 0 Å². The molecule has 3 heterocycles. The van der Waals surface area contributed by atoms with Crippen molar-refractivity contribution < 1.29 is 0 Å². The summed E-state index contributed by atoms with van der Waals surface area (Å²) in [7, 11) is 0. The zero-order valence-electron chi connectivity index (χ0n) is 12.3. The molecule has 4 nitrogen and oxygen atoms in total. The molecule has 2 aromatic heterocycles. The highest BCUT2D eigenvalue weighted by Gasteiger charge is 2.28. The van der Waals surface area contributed by atoms with E-state index in [0.717, 1.165) is 22.6 Å². The van der Waals surface area contributed by atoms with Gasteiger partial charge >= 0.3 is 0 Å². The minimum absolute atomic E-state index is 0.408. The lowest BCUT2D eigenvalue weighted by atomic mass is 10.00. The van der Waals surface area contributed by atoms with Gasteiger partial charge in [0.25, 0.3) is 0 Å². The van der Waals surface area contributed by atoms with E-state index in [2.05, 4.69) is 39.6 Å². The molecule has 2 unspecified atom stereocenters. The number of piperidine rings is 1. The molecule has 2 aromatic rings. The number of alkyl halides is 1. The van der Waals surface area contributed by atoms with Crippen LogP contribution in [0.5, 0.6) is 0 Å². The highest BCUT2D eigenvalue weighted by molar-refractivity contribution is 6.16. The van der Waals surface area contributed by atoms with Gasteiger partial charge in [0, 0.05) is 18.3 Å². The molecular weight excluding hydrogens is 272 g/mol. The SMILES string of the molecule is Cc1cnc2c(c1)nc(CCl)n2N1C(C)CCCC1C. The largest absolute Gasteiger partial charge is 0.304 e. The number of pyridine rings is 1. The van der Waals surface area contributed by atoms with Gasteiger partial charge in [0.2, 0.25) is 0 Å². The van der Waals surface area contributed by atoms with Crippen LogP contribution in [0.4, 0.5) is 0 Å². The van der Waals surface area contributed by atoms with Crippen LogP contribution in [-0.2, 0) is 5.88 Å². The van der Waals surface area contributed by atoms with E-state index in [1.165, 1.54) is 19.3 Å². The van der Waals surface area contributed by atoms with E-state index >= 15 is 0 Å². The summed E-state index contributed by atoms with van der Waals surface area (Å²) in [5.74, 6) is 1.30. The van der Waals surface area contributed by atoms with E-state index in [4.69, 9.17) is 11.6 Å². The lowest BCUT2D eigenvalue weighted by Gasteiger charge is -2.41. The zero-order valence-corrected chi connectivity index (χ0v) is 13.1. The third-order valence-electron chi connectivity index (χ3n) is 4.18. The summed E-state index contributed by atoms with van der Waals surface area (Å²) in [4.78, 5) is 9.26. The number of hydrogen-bond donors (Lipinski definition) is 0. The second-order valence-electron chi connectivity index (χ2n) is 5.84. The fourth-order valence-electron chi connectivity index (χ4n) is 3.23. The molecule has 3 rings (SSSR count). The lowest BCUT2D eigenvalue weighted by Crippen LogP contribution is -2.51. The van der Waals surface area contributed by atoms with E-state index in [1.54, 1.807) is 0 Å². The minimum Gasteiger partial charge on any atom is -0.304 e. The topological polar surface area (TPSA) is 34.0 Å². The van der Waals surface area contributed by atoms with Crippen LogP contribution >= 0.6 is 11.6 Å². The van der Waals surface area contributed by atoms with Gasteiger partial charge in [-0.2, -0.15) is 0 Å². The summed E-state index contributed by atoms with van der Waals surface area (Å²) in [5.41, 5.74) is 2.99. The average Bonchev–Trinajstić information content (AvgIpc) is 2.76. The Hall–Kier alpha value is -1.29. The molecule has 0 amide bonds. The van der Waals surface area contributed by atoms with Crippen molar-refractivity contribution in [3.8, 4) is 0 Å². The average molecular weight is 293 g/mol. The molecule has 0 radical (unpaired) electrons.